The summed E-state index contributed by atoms with van der Waals surface area (Å²) in [5, 5.41) is 10.7. The van der Waals surface area contributed by atoms with Gasteiger partial charge in [-0.05, 0) is 29.5 Å². The molecule has 0 saturated heterocycles. The fourth-order valence-electron chi connectivity index (χ4n) is 1.69. The zero-order chi connectivity index (χ0) is 13.7. The van der Waals surface area contributed by atoms with Crippen molar-refractivity contribution in [3.8, 4) is 5.75 Å². The first-order valence-corrected chi connectivity index (χ1v) is 6.71. The molecule has 0 unspecified atom stereocenters. The van der Waals surface area contributed by atoms with E-state index in [1.807, 2.05) is 30.3 Å². The molecule has 1 N–H and O–H groups in total. The Morgan fingerprint density at radius 1 is 1.42 bits per heavy atom. The summed E-state index contributed by atoms with van der Waals surface area (Å²) in [5.74, 6) is -0.0891. The lowest BCUT2D eigenvalue weighted by Gasteiger charge is -2.09. The Balaban J connectivity index is 2.05. The van der Waals surface area contributed by atoms with Crippen LogP contribution >= 0.6 is 11.3 Å². The van der Waals surface area contributed by atoms with E-state index in [4.69, 9.17) is 9.84 Å². The summed E-state index contributed by atoms with van der Waals surface area (Å²) in [6.45, 7) is 4.09. The molecule has 2 aromatic rings. The minimum Gasteiger partial charge on any atom is -0.489 e. The van der Waals surface area contributed by atoms with Crippen LogP contribution in [-0.2, 0) is 13.0 Å². The number of thiophene rings is 1. The molecular formula is C15H14O3S. The molecule has 1 heterocycles. The molecule has 98 valence electrons. The Kier molecular flexibility index (Phi) is 4.36. The van der Waals surface area contributed by atoms with Gasteiger partial charge in [-0.3, -0.25) is 0 Å². The second-order valence-electron chi connectivity index (χ2n) is 4.01. The standard InChI is InChI=1S/C15H14O3S/c1-2-5-12-6-3-4-7-13(12)18-9-11-8-14(15(16)17)19-10-11/h2-4,6-8,10H,1,5,9H2,(H,16,17). The molecule has 0 radical (unpaired) electrons. The molecule has 1 aromatic carbocycles. The highest BCUT2D eigenvalue weighted by molar-refractivity contribution is 7.12. The van der Waals surface area contributed by atoms with Gasteiger partial charge in [-0.15, -0.1) is 17.9 Å². The summed E-state index contributed by atoms with van der Waals surface area (Å²) in [4.78, 5) is 11.1. The zero-order valence-corrected chi connectivity index (χ0v) is 11.2. The molecule has 0 fully saturated rings. The first-order chi connectivity index (χ1) is 9.20. The van der Waals surface area contributed by atoms with Gasteiger partial charge in [0.2, 0.25) is 0 Å². The third-order valence-corrected chi connectivity index (χ3v) is 3.56. The van der Waals surface area contributed by atoms with Gasteiger partial charge >= 0.3 is 5.97 Å². The van der Waals surface area contributed by atoms with Crippen molar-refractivity contribution in [2.45, 2.75) is 13.0 Å². The van der Waals surface area contributed by atoms with Crippen LogP contribution in [0, 0.1) is 0 Å². The van der Waals surface area contributed by atoms with Crippen molar-refractivity contribution in [2.24, 2.45) is 0 Å². The molecule has 0 aliphatic carbocycles. The third kappa shape index (κ3) is 3.45. The van der Waals surface area contributed by atoms with Gasteiger partial charge in [0, 0.05) is 5.56 Å². The van der Waals surface area contributed by atoms with Crippen LogP contribution in [0.2, 0.25) is 0 Å². The Bertz CT molecular complexity index is 587. The lowest BCUT2D eigenvalue weighted by molar-refractivity contribution is 0.0702. The highest BCUT2D eigenvalue weighted by Gasteiger charge is 2.08. The number of ether oxygens (including phenoxy) is 1. The summed E-state index contributed by atoms with van der Waals surface area (Å²) >= 11 is 1.21. The minimum absolute atomic E-state index is 0.331. The highest BCUT2D eigenvalue weighted by atomic mass is 32.1. The van der Waals surface area contributed by atoms with E-state index in [0.29, 0.717) is 11.5 Å². The van der Waals surface area contributed by atoms with Crippen molar-refractivity contribution >= 4 is 17.3 Å². The van der Waals surface area contributed by atoms with E-state index in [1.54, 1.807) is 11.4 Å². The van der Waals surface area contributed by atoms with Crippen LogP contribution in [0.3, 0.4) is 0 Å². The van der Waals surface area contributed by atoms with E-state index in [1.165, 1.54) is 11.3 Å². The number of benzene rings is 1. The summed E-state index contributed by atoms with van der Waals surface area (Å²) in [5.41, 5.74) is 1.95. The van der Waals surface area contributed by atoms with Gasteiger partial charge in [0.1, 0.15) is 17.2 Å². The van der Waals surface area contributed by atoms with E-state index in [-0.39, 0.29) is 0 Å². The first kappa shape index (κ1) is 13.4. The Labute approximate surface area is 115 Å². The lowest BCUT2D eigenvalue weighted by atomic mass is 10.1. The predicted molar refractivity (Wildman–Crippen MR) is 76.0 cm³/mol. The van der Waals surface area contributed by atoms with Crippen molar-refractivity contribution in [1.82, 2.24) is 0 Å². The van der Waals surface area contributed by atoms with Crippen LogP contribution in [0.15, 0.2) is 48.4 Å². The molecule has 0 spiro atoms. The quantitative estimate of drug-likeness (QED) is 0.816. The van der Waals surface area contributed by atoms with Crippen molar-refractivity contribution in [3.05, 3.63) is 64.4 Å². The van der Waals surface area contributed by atoms with E-state index < -0.39 is 5.97 Å². The van der Waals surface area contributed by atoms with E-state index in [2.05, 4.69) is 6.58 Å². The van der Waals surface area contributed by atoms with Crippen molar-refractivity contribution in [2.75, 3.05) is 0 Å². The largest absolute Gasteiger partial charge is 0.489 e. The van der Waals surface area contributed by atoms with Crippen LogP contribution in [0.1, 0.15) is 20.8 Å². The second-order valence-corrected chi connectivity index (χ2v) is 4.92. The van der Waals surface area contributed by atoms with Crippen LogP contribution in [-0.4, -0.2) is 11.1 Å². The van der Waals surface area contributed by atoms with Gasteiger partial charge in [0.05, 0.1) is 0 Å². The van der Waals surface area contributed by atoms with Crippen molar-refractivity contribution in [1.29, 1.82) is 0 Å². The fraction of sp³-hybridized carbons (Fsp3) is 0.133. The zero-order valence-electron chi connectivity index (χ0n) is 10.3. The number of allylic oxidation sites excluding steroid dienone is 1. The number of hydrogen-bond donors (Lipinski definition) is 1. The molecule has 0 aliphatic heterocycles. The van der Waals surface area contributed by atoms with Gasteiger partial charge < -0.3 is 9.84 Å². The first-order valence-electron chi connectivity index (χ1n) is 5.83. The highest BCUT2D eigenvalue weighted by Crippen LogP contribution is 2.21. The second kappa shape index (κ2) is 6.20. The van der Waals surface area contributed by atoms with Crippen LogP contribution in [0.4, 0.5) is 0 Å². The number of hydrogen-bond acceptors (Lipinski definition) is 3. The van der Waals surface area contributed by atoms with Gasteiger partial charge in [0.15, 0.2) is 0 Å². The summed E-state index contributed by atoms with van der Waals surface area (Å²) in [7, 11) is 0. The Morgan fingerprint density at radius 2 is 2.21 bits per heavy atom. The van der Waals surface area contributed by atoms with Gasteiger partial charge in [-0.25, -0.2) is 4.79 Å². The molecule has 0 amide bonds. The van der Waals surface area contributed by atoms with Crippen molar-refractivity contribution in [3.63, 3.8) is 0 Å². The third-order valence-electron chi connectivity index (χ3n) is 2.60. The maximum atomic E-state index is 10.8. The number of rotatable bonds is 6. The van der Waals surface area contributed by atoms with Gasteiger partial charge in [-0.2, -0.15) is 0 Å². The molecule has 19 heavy (non-hydrogen) atoms. The van der Waals surface area contributed by atoms with E-state index in [9.17, 15) is 4.79 Å². The molecule has 0 aliphatic rings. The average molecular weight is 274 g/mol. The number of aromatic carboxylic acids is 1. The molecule has 0 atom stereocenters. The SMILES string of the molecule is C=CCc1ccccc1OCc1csc(C(=O)O)c1. The molecule has 4 heteroatoms. The lowest BCUT2D eigenvalue weighted by Crippen LogP contribution is -1.97. The van der Waals surface area contributed by atoms with Crippen LogP contribution in [0.5, 0.6) is 5.75 Å². The van der Waals surface area contributed by atoms with Gasteiger partial charge in [-0.1, -0.05) is 24.3 Å². The molecule has 0 saturated carbocycles. The number of carboxylic acid groups (broad SMARTS) is 1. The minimum atomic E-state index is -0.900. The summed E-state index contributed by atoms with van der Waals surface area (Å²) in [6.07, 6.45) is 2.58. The smallest absolute Gasteiger partial charge is 0.345 e. The maximum absolute atomic E-state index is 10.8. The number of carbonyl (C=O) groups is 1. The Hall–Kier alpha value is -2.07. The molecule has 2 rings (SSSR count). The van der Waals surface area contributed by atoms with Crippen LogP contribution in [0.25, 0.3) is 0 Å². The summed E-state index contributed by atoms with van der Waals surface area (Å²) in [6, 6.07) is 9.41. The number of carboxylic acids is 1. The molecule has 3 nitrogen and oxygen atoms in total. The Morgan fingerprint density at radius 3 is 2.89 bits per heavy atom. The normalized spacial score (nSPS) is 10.1. The monoisotopic (exact) mass is 274 g/mol. The average Bonchev–Trinajstić information content (AvgIpc) is 2.87. The predicted octanol–water partition coefficient (Wildman–Crippen LogP) is 3.75. The fourth-order valence-corrected chi connectivity index (χ4v) is 2.43. The maximum Gasteiger partial charge on any atom is 0.345 e. The topological polar surface area (TPSA) is 46.5 Å². The molecule has 1 aromatic heterocycles. The van der Waals surface area contributed by atoms with E-state index >= 15 is 0 Å². The van der Waals surface area contributed by atoms with E-state index in [0.717, 1.165) is 23.3 Å². The van der Waals surface area contributed by atoms with Crippen molar-refractivity contribution < 1.29 is 14.6 Å². The van der Waals surface area contributed by atoms with Crippen LogP contribution < -0.4 is 4.74 Å². The summed E-state index contributed by atoms with van der Waals surface area (Å²) < 4.78 is 5.73. The van der Waals surface area contributed by atoms with Gasteiger partial charge in [0.25, 0.3) is 0 Å². The number of para-hydroxylation sites is 1. The molecule has 0 bridgehead atoms. The molecular weight excluding hydrogens is 260 g/mol.